The van der Waals surface area contributed by atoms with Crippen LogP contribution in [0.2, 0.25) is 0 Å². The maximum atomic E-state index is 12.0. The van der Waals surface area contributed by atoms with E-state index in [1.807, 2.05) is 38.1 Å². The molecule has 2 aromatic heterocycles. The number of carboxylic acid groups (broad SMARTS) is 1. The number of nitro benzene ring substituents is 1. The van der Waals surface area contributed by atoms with Gasteiger partial charge in [-0.3, -0.25) is 15.2 Å². The Hall–Kier alpha value is -3.92. The van der Waals surface area contributed by atoms with Crippen molar-refractivity contribution in [1.82, 2.24) is 19.7 Å². The second-order valence-corrected chi connectivity index (χ2v) is 8.37. The number of hydrogen-bond donors (Lipinski definition) is 2. The molecule has 2 heterocycles. The van der Waals surface area contributed by atoms with Crippen LogP contribution in [-0.4, -0.2) is 35.7 Å². The normalized spacial score (nSPS) is 11.8. The Morgan fingerprint density at radius 3 is 2.61 bits per heavy atom. The van der Waals surface area contributed by atoms with Crippen LogP contribution in [0.4, 0.5) is 5.69 Å². The number of thioether (sulfide) groups is 1. The number of rotatable bonds is 8. The molecule has 0 saturated heterocycles. The predicted octanol–water partition coefficient (Wildman–Crippen LogP) is 4.80. The highest BCUT2D eigenvalue weighted by molar-refractivity contribution is 8.04. The molecule has 0 aliphatic heterocycles. The number of nitrogens with zero attached hydrogens (tertiary/aromatic N) is 4. The Bertz CT molecular complexity index is 1370. The van der Waals surface area contributed by atoms with Crippen LogP contribution in [0.25, 0.3) is 17.0 Å². The summed E-state index contributed by atoms with van der Waals surface area (Å²) in [4.78, 5) is 26.9. The van der Waals surface area contributed by atoms with Gasteiger partial charge in [-0.1, -0.05) is 37.3 Å². The molecular weight excluding hydrogens is 442 g/mol. The minimum atomic E-state index is -1.06. The third kappa shape index (κ3) is 4.65. The molecule has 4 rings (SSSR count). The minimum Gasteiger partial charge on any atom is -0.477 e. The van der Waals surface area contributed by atoms with Crippen molar-refractivity contribution in [3.8, 4) is 0 Å². The van der Waals surface area contributed by atoms with E-state index < -0.39 is 10.9 Å². The van der Waals surface area contributed by atoms with Gasteiger partial charge in [0.25, 0.3) is 5.69 Å². The van der Waals surface area contributed by atoms with Gasteiger partial charge in [0.15, 0.2) is 0 Å². The molecule has 9 nitrogen and oxygen atoms in total. The number of non-ortho nitro benzene ring substituents is 1. The zero-order chi connectivity index (χ0) is 23.5. The number of benzene rings is 2. The van der Waals surface area contributed by atoms with Crippen LogP contribution < -0.4 is 0 Å². The second-order valence-electron chi connectivity index (χ2n) is 7.36. The fraction of sp³-hybridized carbons (Fsp3) is 0.174. The van der Waals surface area contributed by atoms with E-state index in [1.54, 1.807) is 18.2 Å². The lowest BCUT2D eigenvalue weighted by Crippen LogP contribution is -2.02. The minimum absolute atomic E-state index is 0.0396. The van der Waals surface area contributed by atoms with Gasteiger partial charge in [-0.05, 0) is 36.4 Å². The molecule has 0 spiro atoms. The molecule has 2 N–H and O–H groups in total. The molecule has 0 aliphatic carbocycles. The highest BCUT2D eigenvalue weighted by Crippen LogP contribution is 2.32. The van der Waals surface area contributed by atoms with E-state index in [-0.39, 0.29) is 10.6 Å². The number of nitro groups is 1. The maximum Gasteiger partial charge on any atom is 0.342 e. The van der Waals surface area contributed by atoms with Crippen LogP contribution in [0.15, 0.2) is 58.6 Å². The van der Waals surface area contributed by atoms with Gasteiger partial charge in [-0.25, -0.2) is 9.78 Å². The van der Waals surface area contributed by atoms with Crippen molar-refractivity contribution in [2.45, 2.75) is 32.0 Å². The average Bonchev–Trinajstić information content (AvgIpc) is 3.37. The van der Waals surface area contributed by atoms with E-state index in [0.717, 1.165) is 39.5 Å². The number of H-pyrrole nitrogens is 1. The monoisotopic (exact) mass is 463 g/mol. The number of carbonyl (C=O) groups is 1. The van der Waals surface area contributed by atoms with Crippen molar-refractivity contribution in [2.24, 2.45) is 0 Å². The fourth-order valence-electron chi connectivity index (χ4n) is 3.60. The standard InChI is InChI=1S/C23H21N5O4S/c1-3-21-24-23(26-25-21)33-20(22(29)30)12-18-14(2)27(19-7-5-4-6-17(18)19)13-15-8-10-16(11-9-15)28(31)32/h4-12H,3,13H2,1-2H3,(H,29,30)(H,24,25,26)/b20-12-. The molecule has 10 heteroatoms. The Morgan fingerprint density at radius 1 is 1.24 bits per heavy atom. The van der Waals surface area contributed by atoms with E-state index in [4.69, 9.17) is 0 Å². The number of hydrogen-bond acceptors (Lipinski definition) is 6. The summed E-state index contributed by atoms with van der Waals surface area (Å²) in [6, 6.07) is 14.2. The first kappa shape index (κ1) is 22.3. The second kappa shape index (κ2) is 9.29. The van der Waals surface area contributed by atoms with Crippen LogP contribution in [0.5, 0.6) is 0 Å². The number of fused-ring (bicyclic) bond motifs is 1. The molecule has 168 valence electrons. The summed E-state index contributed by atoms with van der Waals surface area (Å²) in [5, 5.41) is 28.9. The molecule has 0 fully saturated rings. The molecule has 0 bridgehead atoms. The van der Waals surface area contributed by atoms with Crippen molar-refractivity contribution in [1.29, 1.82) is 0 Å². The maximum absolute atomic E-state index is 12.0. The number of nitrogens with one attached hydrogen (secondary N) is 1. The average molecular weight is 464 g/mol. The largest absolute Gasteiger partial charge is 0.477 e. The first-order valence-corrected chi connectivity index (χ1v) is 11.0. The smallest absolute Gasteiger partial charge is 0.342 e. The van der Waals surface area contributed by atoms with Crippen LogP contribution >= 0.6 is 11.8 Å². The van der Waals surface area contributed by atoms with Crippen molar-refractivity contribution in [3.05, 3.63) is 86.2 Å². The number of aryl methyl sites for hydroxylation is 1. The number of aromatic amines is 1. The highest BCUT2D eigenvalue weighted by atomic mass is 32.2. The molecule has 0 radical (unpaired) electrons. The summed E-state index contributed by atoms with van der Waals surface area (Å²) in [6.07, 6.45) is 2.33. The lowest BCUT2D eigenvalue weighted by atomic mass is 10.1. The zero-order valence-electron chi connectivity index (χ0n) is 18.0. The number of para-hydroxylation sites is 1. The van der Waals surface area contributed by atoms with E-state index >= 15 is 0 Å². The molecule has 0 saturated carbocycles. The topological polar surface area (TPSA) is 127 Å². The molecule has 33 heavy (non-hydrogen) atoms. The molecule has 4 aromatic rings. The molecule has 0 amide bonds. The zero-order valence-corrected chi connectivity index (χ0v) is 18.8. The Labute approximate surface area is 193 Å². The number of aromatic nitrogens is 4. The van der Waals surface area contributed by atoms with Crippen molar-refractivity contribution < 1.29 is 14.8 Å². The van der Waals surface area contributed by atoms with E-state index in [0.29, 0.717) is 23.9 Å². The summed E-state index contributed by atoms with van der Waals surface area (Å²) in [6.45, 7) is 4.36. The molecular formula is C23H21N5O4S. The summed E-state index contributed by atoms with van der Waals surface area (Å²) >= 11 is 0.998. The molecule has 0 aliphatic rings. The number of aliphatic carboxylic acids is 1. The first-order chi connectivity index (χ1) is 15.9. The summed E-state index contributed by atoms with van der Waals surface area (Å²) < 4.78 is 2.08. The fourth-order valence-corrected chi connectivity index (χ4v) is 4.30. The third-order valence-electron chi connectivity index (χ3n) is 5.30. The van der Waals surface area contributed by atoms with Gasteiger partial charge in [-0.2, -0.15) is 0 Å². The van der Waals surface area contributed by atoms with Gasteiger partial charge in [-0.15, -0.1) is 5.10 Å². The van der Waals surface area contributed by atoms with Crippen molar-refractivity contribution in [2.75, 3.05) is 0 Å². The Kier molecular flexibility index (Phi) is 6.27. The Morgan fingerprint density at radius 2 is 1.97 bits per heavy atom. The molecule has 0 atom stereocenters. The van der Waals surface area contributed by atoms with Gasteiger partial charge in [0, 0.05) is 47.3 Å². The van der Waals surface area contributed by atoms with Gasteiger partial charge in [0.2, 0.25) is 5.16 Å². The summed E-state index contributed by atoms with van der Waals surface area (Å²) in [5.41, 5.74) is 3.57. The summed E-state index contributed by atoms with van der Waals surface area (Å²) in [5.74, 6) is -0.368. The van der Waals surface area contributed by atoms with Crippen LogP contribution in [-0.2, 0) is 17.8 Å². The Balaban J connectivity index is 1.75. The van der Waals surface area contributed by atoms with E-state index in [9.17, 15) is 20.0 Å². The first-order valence-electron chi connectivity index (χ1n) is 10.2. The van der Waals surface area contributed by atoms with Gasteiger partial charge in [0.05, 0.1) is 4.92 Å². The highest BCUT2D eigenvalue weighted by Gasteiger charge is 2.18. The molecule has 0 unspecified atom stereocenters. The lowest BCUT2D eigenvalue weighted by molar-refractivity contribution is -0.384. The lowest BCUT2D eigenvalue weighted by Gasteiger charge is -2.09. The van der Waals surface area contributed by atoms with Gasteiger partial charge >= 0.3 is 5.97 Å². The van der Waals surface area contributed by atoms with Gasteiger partial charge < -0.3 is 9.67 Å². The van der Waals surface area contributed by atoms with Crippen LogP contribution in [0, 0.1) is 17.0 Å². The van der Waals surface area contributed by atoms with E-state index in [2.05, 4.69) is 19.7 Å². The van der Waals surface area contributed by atoms with Crippen LogP contribution in [0.1, 0.15) is 29.6 Å². The quantitative estimate of drug-likeness (QED) is 0.166. The van der Waals surface area contributed by atoms with Gasteiger partial charge in [0.1, 0.15) is 10.7 Å². The molecule has 2 aromatic carbocycles. The summed E-state index contributed by atoms with van der Waals surface area (Å²) in [7, 11) is 0. The predicted molar refractivity (Wildman–Crippen MR) is 126 cm³/mol. The number of carboxylic acids is 1. The SMILES string of the molecule is CCc1nc(S/C(=C\c2c(C)n(Cc3ccc([N+](=O)[O-])cc3)c3ccccc23)C(=O)O)n[nH]1. The van der Waals surface area contributed by atoms with Crippen LogP contribution in [0.3, 0.4) is 0 Å². The van der Waals surface area contributed by atoms with Crippen molar-refractivity contribution in [3.63, 3.8) is 0 Å². The third-order valence-corrected chi connectivity index (χ3v) is 6.18. The van der Waals surface area contributed by atoms with E-state index in [1.165, 1.54) is 12.1 Å². The van der Waals surface area contributed by atoms with Crippen molar-refractivity contribution >= 4 is 40.4 Å².